The highest BCUT2D eigenvalue weighted by molar-refractivity contribution is 6.31. The number of unbranched alkanes of at least 4 members (excludes halogenated alkanes) is 2. The Bertz CT molecular complexity index is 827. The molecule has 138 valence electrons. The van der Waals surface area contributed by atoms with Crippen LogP contribution in [0, 0.1) is 11.3 Å². The van der Waals surface area contributed by atoms with Gasteiger partial charge in [0.05, 0.1) is 23.7 Å². The molecular formula is C19H23ClN4O2. The van der Waals surface area contributed by atoms with Crippen LogP contribution in [-0.2, 0) is 6.54 Å². The minimum absolute atomic E-state index is 0.230. The number of nitriles is 1. The molecule has 1 heterocycles. The first-order chi connectivity index (χ1) is 12.6. The van der Waals surface area contributed by atoms with Crippen molar-refractivity contribution in [1.82, 2.24) is 15.1 Å². The second-order valence-electron chi connectivity index (χ2n) is 6.78. The number of hydrogen-bond donors (Lipinski definition) is 2. The predicted octanol–water partition coefficient (Wildman–Crippen LogP) is 3.42. The number of fused-ring (bicyclic) bond motifs is 1. The number of nitrogens with one attached hydrogen (secondary N) is 1. The van der Waals surface area contributed by atoms with E-state index < -0.39 is 6.10 Å². The Labute approximate surface area is 157 Å². The maximum atomic E-state index is 12.8. The van der Waals surface area contributed by atoms with Crippen molar-refractivity contribution in [3.63, 3.8) is 0 Å². The summed E-state index contributed by atoms with van der Waals surface area (Å²) in [6.07, 6.45) is 5.10. The molecule has 2 N–H and O–H groups in total. The molecule has 1 aromatic heterocycles. The third-order valence-corrected chi connectivity index (χ3v) is 5.12. The molecule has 1 fully saturated rings. The lowest BCUT2D eigenvalue weighted by Gasteiger charge is -2.28. The van der Waals surface area contributed by atoms with Gasteiger partial charge in [-0.15, -0.1) is 0 Å². The lowest BCUT2D eigenvalue weighted by atomic mass is 9.92. The molecule has 0 aliphatic heterocycles. The van der Waals surface area contributed by atoms with Gasteiger partial charge in [-0.2, -0.15) is 10.4 Å². The number of aryl methyl sites for hydroxylation is 1. The van der Waals surface area contributed by atoms with Gasteiger partial charge in [-0.25, -0.2) is 0 Å². The first kappa shape index (κ1) is 18.7. The molecule has 0 bridgehead atoms. The molecule has 1 saturated carbocycles. The monoisotopic (exact) mass is 374 g/mol. The van der Waals surface area contributed by atoms with Crippen molar-refractivity contribution in [3.05, 3.63) is 28.9 Å². The summed E-state index contributed by atoms with van der Waals surface area (Å²) in [5.41, 5.74) is 1.18. The smallest absolute Gasteiger partial charge is 0.272 e. The van der Waals surface area contributed by atoms with Crippen molar-refractivity contribution >= 4 is 28.4 Å². The van der Waals surface area contributed by atoms with Crippen molar-refractivity contribution in [2.45, 2.75) is 63.6 Å². The van der Waals surface area contributed by atoms with Gasteiger partial charge in [0.15, 0.2) is 5.69 Å². The van der Waals surface area contributed by atoms with Crippen LogP contribution in [0.2, 0.25) is 5.02 Å². The number of carbonyl (C=O) groups excluding carboxylic acids is 1. The third kappa shape index (κ3) is 4.17. The summed E-state index contributed by atoms with van der Waals surface area (Å²) < 4.78 is 1.80. The molecule has 26 heavy (non-hydrogen) atoms. The van der Waals surface area contributed by atoms with E-state index in [1.807, 2.05) is 6.07 Å². The van der Waals surface area contributed by atoms with Crippen molar-refractivity contribution in [2.24, 2.45) is 0 Å². The highest BCUT2D eigenvalue weighted by Crippen LogP contribution is 2.24. The number of amides is 1. The van der Waals surface area contributed by atoms with Crippen molar-refractivity contribution < 1.29 is 9.90 Å². The molecule has 1 aliphatic carbocycles. The van der Waals surface area contributed by atoms with E-state index in [4.69, 9.17) is 16.9 Å². The van der Waals surface area contributed by atoms with Crippen LogP contribution in [0.5, 0.6) is 0 Å². The molecule has 1 aromatic carbocycles. The Balaban J connectivity index is 1.83. The fourth-order valence-corrected chi connectivity index (χ4v) is 3.64. The van der Waals surface area contributed by atoms with Gasteiger partial charge in [0.1, 0.15) is 0 Å². The molecule has 0 radical (unpaired) electrons. The lowest BCUT2D eigenvalue weighted by molar-refractivity contribution is 0.0714. The Kier molecular flexibility index (Phi) is 6.12. The fraction of sp³-hybridized carbons (Fsp3) is 0.526. The van der Waals surface area contributed by atoms with Gasteiger partial charge in [0, 0.05) is 23.4 Å². The van der Waals surface area contributed by atoms with E-state index in [0.717, 1.165) is 37.6 Å². The normalized spacial score (nSPS) is 20.0. The molecule has 0 spiro atoms. The minimum atomic E-state index is -0.504. The van der Waals surface area contributed by atoms with Gasteiger partial charge in [0.25, 0.3) is 5.91 Å². The molecule has 0 saturated heterocycles. The standard InChI is InChI=1S/C19H23ClN4O2/c20-13-8-9-16-14(12-13)18(23-24(16)11-5-1-4-10-21)19(26)22-15-6-2-3-7-17(15)25/h8-9,12,15,17,25H,1-7,11H2,(H,22,26)/t15-,17-/m0/s1. The van der Waals surface area contributed by atoms with Crippen molar-refractivity contribution in [1.29, 1.82) is 5.26 Å². The number of nitrogens with zero attached hydrogens (tertiary/aromatic N) is 3. The van der Waals surface area contributed by atoms with Crippen LogP contribution in [0.25, 0.3) is 10.9 Å². The van der Waals surface area contributed by atoms with E-state index in [2.05, 4.69) is 16.5 Å². The van der Waals surface area contributed by atoms with Crippen molar-refractivity contribution in [2.75, 3.05) is 0 Å². The summed E-state index contributed by atoms with van der Waals surface area (Å²) in [4.78, 5) is 12.8. The molecular weight excluding hydrogens is 352 g/mol. The number of halogens is 1. The summed E-state index contributed by atoms with van der Waals surface area (Å²) in [6.45, 7) is 0.638. The van der Waals surface area contributed by atoms with Crippen LogP contribution < -0.4 is 5.32 Å². The largest absolute Gasteiger partial charge is 0.391 e. The van der Waals surface area contributed by atoms with Crippen LogP contribution in [-0.4, -0.2) is 32.9 Å². The number of aromatic nitrogens is 2. The second kappa shape index (κ2) is 8.52. The highest BCUT2D eigenvalue weighted by Gasteiger charge is 2.27. The predicted molar refractivity (Wildman–Crippen MR) is 99.9 cm³/mol. The topological polar surface area (TPSA) is 90.9 Å². The fourth-order valence-electron chi connectivity index (χ4n) is 3.47. The molecule has 6 nitrogen and oxygen atoms in total. The quantitative estimate of drug-likeness (QED) is 0.758. The number of benzene rings is 1. The van der Waals surface area contributed by atoms with E-state index >= 15 is 0 Å². The minimum Gasteiger partial charge on any atom is -0.391 e. The first-order valence-corrected chi connectivity index (χ1v) is 9.50. The van der Waals surface area contributed by atoms with E-state index in [-0.39, 0.29) is 11.9 Å². The van der Waals surface area contributed by atoms with E-state index in [1.54, 1.807) is 16.8 Å². The zero-order valence-corrected chi connectivity index (χ0v) is 15.4. The highest BCUT2D eigenvalue weighted by atomic mass is 35.5. The van der Waals surface area contributed by atoms with Gasteiger partial charge in [-0.05, 0) is 43.9 Å². The molecule has 1 aliphatic rings. The van der Waals surface area contributed by atoms with Crippen LogP contribution >= 0.6 is 11.6 Å². The number of hydrogen-bond acceptors (Lipinski definition) is 4. The van der Waals surface area contributed by atoms with E-state index in [1.165, 1.54) is 0 Å². The summed E-state index contributed by atoms with van der Waals surface area (Å²) in [7, 11) is 0. The molecule has 7 heteroatoms. The zero-order chi connectivity index (χ0) is 18.5. The SMILES string of the molecule is N#CCCCCn1nc(C(=O)N[C@H]2CCCC[C@@H]2O)c2cc(Cl)ccc21. The molecule has 2 atom stereocenters. The van der Waals surface area contributed by atoms with Gasteiger partial charge in [0.2, 0.25) is 0 Å². The number of aliphatic hydroxyl groups is 1. The van der Waals surface area contributed by atoms with E-state index in [0.29, 0.717) is 35.5 Å². The maximum Gasteiger partial charge on any atom is 0.272 e. The van der Waals surface area contributed by atoms with Crippen LogP contribution in [0.4, 0.5) is 0 Å². The molecule has 3 rings (SSSR count). The Morgan fingerprint density at radius 3 is 2.96 bits per heavy atom. The Morgan fingerprint density at radius 2 is 2.19 bits per heavy atom. The molecule has 2 aromatic rings. The van der Waals surface area contributed by atoms with Gasteiger partial charge in [-0.3, -0.25) is 9.48 Å². The summed E-state index contributed by atoms with van der Waals surface area (Å²) in [5, 5.41) is 27.5. The van der Waals surface area contributed by atoms with E-state index in [9.17, 15) is 9.90 Å². The average molecular weight is 375 g/mol. The van der Waals surface area contributed by atoms with Crippen LogP contribution in [0.3, 0.4) is 0 Å². The Hall–Kier alpha value is -2.10. The average Bonchev–Trinajstić information content (AvgIpc) is 2.98. The summed E-state index contributed by atoms with van der Waals surface area (Å²) >= 11 is 6.12. The van der Waals surface area contributed by atoms with Crippen LogP contribution in [0.1, 0.15) is 55.4 Å². The third-order valence-electron chi connectivity index (χ3n) is 4.88. The Morgan fingerprint density at radius 1 is 1.38 bits per heavy atom. The maximum absolute atomic E-state index is 12.8. The van der Waals surface area contributed by atoms with Gasteiger partial charge < -0.3 is 10.4 Å². The summed E-state index contributed by atoms with van der Waals surface area (Å²) in [5.74, 6) is -0.279. The number of rotatable bonds is 6. The number of aliphatic hydroxyl groups excluding tert-OH is 1. The van der Waals surface area contributed by atoms with Crippen molar-refractivity contribution in [3.8, 4) is 6.07 Å². The lowest BCUT2D eigenvalue weighted by Crippen LogP contribution is -2.45. The molecule has 0 unspecified atom stereocenters. The molecule has 1 amide bonds. The number of carbonyl (C=O) groups is 1. The first-order valence-electron chi connectivity index (χ1n) is 9.12. The zero-order valence-electron chi connectivity index (χ0n) is 14.6. The summed E-state index contributed by atoms with van der Waals surface area (Å²) in [6, 6.07) is 7.30. The van der Waals surface area contributed by atoms with Crippen LogP contribution in [0.15, 0.2) is 18.2 Å². The second-order valence-corrected chi connectivity index (χ2v) is 7.22. The van der Waals surface area contributed by atoms with Gasteiger partial charge in [-0.1, -0.05) is 24.4 Å². The van der Waals surface area contributed by atoms with Gasteiger partial charge >= 0.3 is 0 Å².